The van der Waals surface area contributed by atoms with Crippen molar-refractivity contribution in [2.75, 3.05) is 13.2 Å². The molecule has 1 N–H and O–H groups in total. The highest BCUT2D eigenvalue weighted by molar-refractivity contribution is 5.48. The minimum atomic E-state index is 0.264. The van der Waals surface area contributed by atoms with Gasteiger partial charge in [-0.15, -0.1) is 0 Å². The molecule has 0 fully saturated rings. The van der Waals surface area contributed by atoms with Crippen LogP contribution < -0.4 is 4.74 Å². The third kappa shape index (κ3) is 7.56. The molecule has 0 aliphatic rings. The maximum absolute atomic E-state index is 8.76. The van der Waals surface area contributed by atoms with E-state index in [1.807, 2.05) is 78.9 Å². The third-order valence-corrected chi connectivity index (χ3v) is 4.33. The van der Waals surface area contributed by atoms with Crippen LogP contribution in [0.3, 0.4) is 0 Å². The highest BCUT2D eigenvalue weighted by Crippen LogP contribution is 2.24. The molecule has 0 saturated carbocycles. The summed E-state index contributed by atoms with van der Waals surface area (Å²) in [5, 5.41) is 25.7. The molecule has 0 atom stereocenters. The first-order valence-corrected chi connectivity index (χ1v) is 10.2. The average molecular weight is 402 g/mol. The Bertz CT molecular complexity index is 924. The van der Waals surface area contributed by atoms with Gasteiger partial charge in [0, 0.05) is 6.61 Å². The fourth-order valence-electron chi connectivity index (χ4n) is 2.68. The van der Waals surface area contributed by atoms with Gasteiger partial charge < -0.3 is 9.84 Å². The van der Waals surface area contributed by atoms with Crippen molar-refractivity contribution in [2.24, 2.45) is 20.5 Å². The number of azo groups is 2. The Kier molecular flexibility index (Phi) is 8.70. The van der Waals surface area contributed by atoms with Crippen molar-refractivity contribution in [3.05, 3.63) is 78.9 Å². The number of aliphatic hydroxyl groups is 1. The highest BCUT2D eigenvalue weighted by atomic mass is 16.5. The topological polar surface area (TPSA) is 78.9 Å². The normalized spacial score (nSPS) is 11.4. The summed E-state index contributed by atoms with van der Waals surface area (Å²) in [6, 6.07) is 24.6. The fourth-order valence-corrected chi connectivity index (χ4v) is 2.68. The van der Waals surface area contributed by atoms with Gasteiger partial charge in [-0.2, -0.15) is 20.5 Å². The molecule has 0 heterocycles. The van der Waals surface area contributed by atoms with Gasteiger partial charge in [0.1, 0.15) is 5.75 Å². The van der Waals surface area contributed by atoms with Gasteiger partial charge in [-0.3, -0.25) is 0 Å². The number of ether oxygens (including phenoxy) is 1. The third-order valence-electron chi connectivity index (χ3n) is 4.33. The first-order valence-electron chi connectivity index (χ1n) is 10.2. The van der Waals surface area contributed by atoms with Crippen LogP contribution >= 0.6 is 0 Å². The zero-order valence-corrected chi connectivity index (χ0v) is 16.9. The van der Waals surface area contributed by atoms with Crippen LogP contribution in [0.1, 0.15) is 25.7 Å². The number of rotatable bonds is 11. The standard InChI is InChI=1S/C24H26N4O2/c29-18-6-1-2-7-19-30-24-16-14-23(15-17-24)28-27-22-12-10-21(11-13-22)26-25-20-8-4-3-5-9-20/h3-5,8-17,29H,1-2,6-7,18-19H2. The summed E-state index contributed by atoms with van der Waals surface area (Å²) in [6.45, 7) is 0.945. The Labute approximate surface area is 177 Å². The molecule has 0 saturated heterocycles. The fraction of sp³-hybridized carbons (Fsp3) is 0.250. The van der Waals surface area contributed by atoms with Crippen LogP contribution in [0, 0.1) is 0 Å². The van der Waals surface area contributed by atoms with E-state index in [0.717, 1.165) is 54.2 Å². The van der Waals surface area contributed by atoms with Crippen molar-refractivity contribution in [2.45, 2.75) is 25.7 Å². The monoisotopic (exact) mass is 402 g/mol. The maximum Gasteiger partial charge on any atom is 0.119 e. The van der Waals surface area contributed by atoms with Gasteiger partial charge in [0.2, 0.25) is 0 Å². The number of unbranched alkanes of at least 4 members (excludes halogenated alkanes) is 3. The van der Waals surface area contributed by atoms with E-state index >= 15 is 0 Å². The average Bonchev–Trinajstić information content (AvgIpc) is 2.81. The summed E-state index contributed by atoms with van der Waals surface area (Å²) >= 11 is 0. The lowest BCUT2D eigenvalue weighted by Gasteiger charge is -2.05. The van der Waals surface area contributed by atoms with Crippen molar-refractivity contribution in [3.63, 3.8) is 0 Å². The van der Waals surface area contributed by atoms with Crippen LogP contribution in [0.15, 0.2) is 99.3 Å². The molecule has 3 rings (SSSR count). The van der Waals surface area contributed by atoms with Crippen molar-refractivity contribution in [3.8, 4) is 5.75 Å². The molecule has 0 spiro atoms. The Morgan fingerprint density at radius 3 is 1.53 bits per heavy atom. The summed E-state index contributed by atoms with van der Waals surface area (Å²) in [6.07, 6.45) is 3.96. The van der Waals surface area contributed by atoms with Crippen LogP contribution in [-0.4, -0.2) is 18.3 Å². The molecule has 0 amide bonds. The summed E-state index contributed by atoms with van der Waals surface area (Å²) < 4.78 is 5.72. The number of benzene rings is 3. The quantitative estimate of drug-likeness (QED) is 0.267. The summed E-state index contributed by atoms with van der Waals surface area (Å²) in [4.78, 5) is 0. The van der Waals surface area contributed by atoms with Crippen molar-refractivity contribution in [1.29, 1.82) is 0 Å². The van der Waals surface area contributed by atoms with E-state index in [2.05, 4.69) is 20.5 Å². The van der Waals surface area contributed by atoms with Crippen molar-refractivity contribution in [1.82, 2.24) is 0 Å². The first-order chi connectivity index (χ1) is 14.8. The molecule has 0 unspecified atom stereocenters. The van der Waals surface area contributed by atoms with E-state index in [4.69, 9.17) is 9.84 Å². The van der Waals surface area contributed by atoms with E-state index < -0.39 is 0 Å². The van der Waals surface area contributed by atoms with E-state index in [1.165, 1.54) is 0 Å². The molecule has 154 valence electrons. The van der Waals surface area contributed by atoms with Crippen LogP contribution in [0.25, 0.3) is 0 Å². The SMILES string of the molecule is OCCCCCCOc1ccc(N=Nc2ccc(N=Nc3ccccc3)cc2)cc1. The number of aliphatic hydroxyl groups excluding tert-OH is 1. The van der Waals surface area contributed by atoms with E-state index in [9.17, 15) is 0 Å². The van der Waals surface area contributed by atoms with Gasteiger partial charge in [0.15, 0.2) is 0 Å². The minimum absolute atomic E-state index is 0.264. The summed E-state index contributed by atoms with van der Waals surface area (Å²) in [5.74, 6) is 0.823. The molecule has 3 aromatic carbocycles. The molecule has 30 heavy (non-hydrogen) atoms. The van der Waals surface area contributed by atoms with E-state index in [1.54, 1.807) is 0 Å². The molecular formula is C24H26N4O2. The highest BCUT2D eigenvalue weighted by Gasteiger charge is 1.97. The van der Waals surface area contributed by atoms with Crippen LogP contribution in [0.4, 0.5) is 22.7 Å². The molecule has 0 aliphatic heterocycles. The Balaban J connectivity index is 1.46. The van der Waals surface area contributed by atoms with Crippen molar-refractivity contribution >= 4 is 22.7 Å². The lowest BCUT2D eigenvalue weighted by Crippen LogP contribution is -1.97. The minimum Gasteiger partial charge on any atom is -0.494 e. The Morgan fingerprint density at radius 1 is 0.533 bits per heavy atom. The predicted molar refractivity (Wildman–Crippen MR) is 119 cm³/mol. The lowest BCUT2D eigenvalue weighted by molar-refractivity contribution is 0.273. The second-order valence-corrected chi connectivity index (χ2v) is 6.73. The van der Waals surface area contributed by atoms with Gasteiger partial charge in [0.25, 0.3) is 0 Å². The van der Waals surface area contributed by atoms with Gasteiger partial charge in [-0.25, -0.2) is 0 Å². The van der Waals surface area contributed by atoms with Crippen LogP contribution in [0.2, 0.25) is 0 Å². The molecule has 0 aliphatic carbocycles. The van der Waals surface area contributed by atoms with Gasteiger partial charge in [0.05, 0.1) is 29.4 Å². The molecule has 6 heteroatoms. The van der Waals surface area contributed by atoms with Crippen LogP contribution in [0.5, 0.6) is 5.75 Å². The molecule has 0 aromatic heterocycles. The number of hydrogen-bond donors (Lipinski definition) is 1. The Morgan fingerprint density at radius 2 is 1.00 bits per heavy atom. The first kappa shape index (κ1) is 21.3. The predicted octanol–water partition coefficient (Wildman–Crippen LogP) is 7.45. The number of hydrogen-bond acceptors (Lipinski definition) is 6. The molecule has 6 nitrogen and oxygen atoms in total. The second kappa shape index (κ2) is 12.2. The number of nitrogens with zero attached hydrogens (tertiary/aromatic N) is 4. The smallest absolute Gasteiger partial charge is 0.119 e. The van der Waals surface area contributed by atoms with Crippen LogP contribution in [-0.2, 0) is 0 Å². The maximum atomic E-state index is 8.76. The van der Waals surface area contributed by atoms with Gasteiger partial charge in [-0.1, -0.05) is 24.6 Å². The molecule has 0 radical (unpaired) electrons. The van der Waals surface area contributed by atoms with Gasteiger partial charge >= 0.3 is 0 Å². The zero-order chi connectivity index (χ0) is 20.9. The molecule has 0 bridgehead atoms. The second-order valence-electron chi connectivity index (χ2n) is 6.73. The summed E-state index contributed by atoms with van der Waals surface area (Å²) in [5.41, 5.74) is 3.08. The molecule has 3 aromatic rings. The zero-order valence-electron chi connectivity index (χ0n) is 16.9. The summed E-state index contributed by atoms with van der Waals surface area (Å²) in [7, 11) is 0. The largest absolute Gasteiger partial charge is 0.494 e. The van der Waals surface area contributed by atoms with E-state index in [0.29, 0.717) is 6.61 Å². The Hall–Kier alpha value is -3.38. The molecular weight excluding hydrogens is 376 g/mol. The lowest BCUT2D eigenvalue weighted by atomic mass is 10.2. The van der Waals surface area contributed by atoms with Gasteiger partial charge in [-0.05, 0) is 79.9 Å². The van der Waals surface area contributed by atoms with Crippen molar-refractivity contribution < 1.29 is 9.84 Å². The van der Waals surface area contributed by atoms with E-state index in [-0.39, 0.29) is 6.61 Å².